The van der Waals surface area contributed by atoms with E-state index in [4.69, 9.17) is 5.73 Å². The molecule has 16 heteroatoms. The van der Waals surface area contributed by atoms with Gasteiger partial charge in [-0.25, -0.2) is 27.5 Å². The van der Waals surface area contributed by atoms with E-state index >= 15 is 4.39 Å². The van der Waals surface area contributed by atoms with Gasteiger partial charge >= 0.3 is 6.55 Å². The zero-order valence-electron chi connectivity index (χ0n) is 25.1. The van der Waals surface area contributed by atoms with Gasteiger partial charge in [-0.15, -0.1) is 0 Å². The standard InChI is InChI=1S/C29H37F3N10O2S/c1-40(2)11-9-18-3-5-20(6-4-18)37-25-13-29(33,35-15-22(25)24-10-12-41(39-24)28(31)32)26-23(30)16-34-27(38-26)19-14-36-42(17-19)45(43,44)21-7-8-21/h10,12-18,20-21,28,35,37H,3-9,11,33H2,1-2H3. The number of hydrogen-bond acceptors (Lipinski definition) is 10. The lowest BCUT2D eigenvalue weighted by Gasteiger charge is -2.35. The molecule has 2 aliphatic carbocycles. The van der Waals surface area contributed by atoms with Crippen molar-refractivity contribution in [1.29, 1.82) is 0 Å². The average molecular weight is 647 g/mol. The van der Waals surface area contributed by atoms with E-state index in [2.05, 4.69) is 49.8 Å². The van der Waals surface area contributed by atoms with Crippen molar-refractivity contribution >= 4 is 15.6 Å². The molecule has 1 atom stereocenters. The zero-order chi connectivity index (χ0) is 31.9. The van der Waals surface area contributed by atoms with Gasteiger partial charge < -0.3 is 21.3 Å². The average Bonchev–Trinajstić information content (AvgIpc) is 3.54. The molecule has 3 aromatic heterocycles. The lowest BCUT2D eigenvalue weighted by atomic mass is 9.83. The van der Waals surface area contributed by atoms with Crippen LogP contribution in [0.4, 0.5) is 13.2 Å². The van der Waals surface area contributed by atoms with Gasteiger partial charge in [-0.05, 0) is 83.6 Å². The van der Waals surface area contributed by atoms with E-state index in [1.165, 1.54) is 30.9 Å². The molecule has 2 fully saturated rings. The molecule has 3 aliphatic rings. The third-order valence-corrected chi connectivity index (χ3v) is 10.6. The Balaban J connectivity index is 1.29. The number of alkyl halides is 2. The first kappa shape index (κ1) is 31.2. The van der Waals surface area contributed by atoms with Crippen molar-refractivity contribution in [3.05, 3.63) is 66.0 Å². The molecule has 0 aromatic carbocycles. The van der Waals surface area contributed by atoms with E-state index in [0.29, 0.717) is 34.7 Å². The van der Waals surface area contributed by atoms with Crippen LogP contribution >= 0.6 is 0 Å². The van der Waals surface area contributed by atoms with E-state index in [1.54, 1.807) is 6.08 Å². The van der Waals surface area contributed by atoms with E-state index in [9.17, 15) is 17.2 Å². The molecular weight excluding hydrogens is 609 g/mol. The summed E-state index contributed by atoms with van der Waals surface area (Å²) in [6, 6.07) is 1.56. The first-order chi connectivity index (χ1) is 21.4. The van der Waals surface area contributed by atoms with Crippen LogP contribution in [0.5, 0.6) is 0 Å². The van der Waals surface area contributed by atoms with Gasteiger partial charge in [-0.3, -0.25) is 0 Å². The van der Waals surface area contributed by atoms with Crippen molar-refractivity contribution in [2.75, 3.05) is 20.6 Å². The van der Waals surface area contributed by atoms with E-state index in [0.717, 1.165) is 48.9 Å². The van der Waals surface area contributed by atoms with Gasteiger partial charge in [0.15, 0.2) is 17.3 Å². The number of halogens is 3. The molecule has 242 valence electrons. The first-order valence-electron chi connectivity index (χ1n) is 15.0. The second kappa shape index (κ2) is 12.2. The van der Waals surface area contributed by atoms with Crippen LogP contribution in [0, 0.1) is 11.7 Å². The molecule has 12 nitrogen and oxygen atoms in total. The molecule has 3 aromatic rings. The van der Waals surface area contributed by atoms with Crippen LogP contribution in [0.3, 0.4) is 0 Å². The molecular formula is C29H37F3N10O2S. The topological polar surface area (TPSA) is 149 Å². The predicted octanol–water partition coefficient (Wildman–Crippen LogP) is 3.15. The van der Waals surface area contributed by atoms with Gasteiger partial charge in [-0.1, -0.05) is 0 Å². The van der Waals surface area contributed by atoms with Crippen LogP contribution in [0.15, 0.2) is 48.8 Å². The molecule has 45 heavy (non-hydrogen) atoms. The van der Waals surface area contributed by atoms with Crippen LogP contribution in [-0.2, 0) is 15.7 Å². The number of allylic oxidation sites excluding steroid dienone is 1. The van der Waals surface area contributed by atoms with Gasteiger partial charge in [0, 0.05) is 29.7 Å². The van der Waals surface area contributed by atoms with E-state index in [1.807, 2.05) is 0 Å². The third kappa shape index (κ3) is 6.63. The fourth-order valence-corrected chi connectivity index (χ4v) is 7.28. The number of aromatic nitrogens is 6. The highest BCUT2D eigenvalue weighted by molar-refractivity contribution is 7.90. The summed E-state index contributed by atoms with van der Waals surface area (Å²) in [6.45, 7) is -1.78. The Kier molecular flexibility index (Phi) is 8.47. The number of nitrogens with two attached hydrogens (primary N) is 1. The van der Waals surface area contributed by atoms with Crippen LogP contribution in [-0.4, -0.2) is 74.2 Å². The number of hydrogen-bond donors (Lipinski definition) is 3. The van der Waals surface area contributed by atoms with Crippen molar-refractivity contribution in [3.63, 3.8) is 0 Å². The summed E-state index contributed by atoms with van der Waals surface area (Å²) >= 11 is 0. The van der Waals surface area contributed by atoms with Crippen LogP contribution in [0.1, 0.15) is 62.9 Å². The summed E-state index contributed by atoms with van der Waals surface area (Å²) in [4.78, 5) is 10.6. The number of nitrogens with one attached hydrogen (secondary N) is 2. The Morgan fingerprint density at radius 2 is 1.93 bits per heavy atom. The minimum atomic E-state index is -3.62. The normalized spacial score (nSPS) is 24.0. The molecule has 0 bridgehead atoms. The molecule has 0 radical (unpaired) electrons. The minimum Gasteiger partial charge on any atom is -0.382 e. The molecule has 4 heterocycles. The maximum Gasteiger partial charge on any atom is 0.333 e. The smallest absolute Gasteiger partial charge is 0.333 e. The quantitative estimate of drug-likeness (QED) is 0.284. The third-order valence-electron chi connectivity index (χ3n) is 8.55. The second-order valence-corrected chi connectivity index (χ2v) is 14.3. The largest absolute Gasteiger partial charge is 0.382 e. The maximum absolute atomic E-state index is 15.4. The maximum atomic E-state index is 15.4. The van der Waals surface area contributed by atoms with Gasteiger partial charge in [0.2, 0.25) is 0 Å². The Hall–Kier alpha value is -3.76. The molecule has 0 amide bonds. The van der Waals surface area contributed by atoms with Crippen LogP contribution in [0.25, 0.3) is 17.0 Å². The van der Waals surface area contributed by atoms with Gasteiger partial charge in [0.1, 0.15) is 5.69 Å². The van der Waals surface area contributed by atoms with Crippen molar-refractivity contribution in [2.45, 2.75) is 68.4 Å². The summed E-state index contributed by atoms with van der Waals surface area (Å²) in [5.74, 6) is -0.128. The van der Waals surface area contributed by atoms with Crippen molar-refractivity contribution in [3.8, 4) is 11.4 Å². The Morgan fingerprint density at radius 1 is 1.18 bits per heavy atom. The summed E-state index contributed by atoms with van der Waals surface area (Å²) in [5, 5.41) is 14.1. The fourth-order valence-electron chi connectivity index (χ4n) is 5.81. The Labute approximate surface area is 259 Å². The summed E-state index contributed by atoms with van der Waals surface area (Å²) in [5.41, 5.74) is 6.47. The Bertz CT molecular complexity index is 1710. The van der Waals surface area contributed by atoms with E-state index in [-0.39, 0.29) is 28.8 Å². The van der Waals surface area contributed by atoms with Gasteiger partial charge in [0.05, 0.1) is 35.1 Å². The highest BCUT2D eigenvalue weighted by atomic mass is 32.2. The van der Waals surface area contributed by atoms with Crippen LogP contribution in [0.2, 0.25) is 0 Å². The monoisotopic (exact) mass is 646 g/mol. The summed E-state index contributed by atoms with van der Waals surface area (Å²) in [7, 11) is 0.513. The SMILES string of the molecule is CN(C)CCC1CCC(NC2=CC(N)(c3nc(-c4cnn(S(=O)(=O)C5CC5)c4)ncc3F)NC=C2c2ccn(C(F)F)n2)CC1. The van der Waals surface area contributed by atoms with E-state index < -0.39 is 33.3 Å². The van der Waals surface area contributed by atoms with Crippen LogP contribution < -0.4 is 16.4 Å². The predicted molar refractivity (Wildman–Crippen MR) is 161 cm³/mol. The van der Waals surface area contributed by atoms with Gasteiger partial charge in [0.25, 0.3) is 10.0 Å². The number of rotatable bonds is 11. The molecule has 4 N–H and O–H groups in total. The molecule has 6 rings (SSSR count). The molecule has 0 spiro atoms. The number of dihydropyridines is 1. The minimum absolute atomic E-state index is 0.0414. The summed E-state index contributed by atoms with van der Waals surface area (Å²) < 4.78 is 68.8. The van der Waals surface area contributed by atoms with Crippen molar-refractivity contribution in [1.82, 2.24) is 44.5 Å². The molecule has 0 saturated heterocycles. The fraction of sp³-hybridized carbons (Fsp3) is 0.517. The second-order valence-electron chi connectivity index (χ2n) is 12.3. The number of nitrogens with zero attached hydrogens (tertiary/aromatic N) is 7. The molecule has 1 aliphatic heterocycles. The van der Waals surface area contributed by atoms with Crippen molar-refractivity contribution < 1.29 is 21.6 Å². The summed E-state index contributed by atoms with van der Waals surface area (Å²) in [6.07, 6.45) is 14.0. The highest BCUT2D eigenvalue weighted by Gasteiger charge is 2.38. The molecule has 1 unspecified atom stereocenters. The Morgan fingerprint density at radius 3 is 2.60 bits per heavy atom. The first-order valence-corrected chi connectivity index (χ1v) is 16.5. The lowest BCUT2D eigenvalue weighted by molar-refractivity contribution is 0.0565. The van der Waals surface area contributed by atoms with Gasteiger partial charge in [-0.2, -0.15) is 23.1 Å². The van der Waals surface area contributed by atoms with Crippen molar-refractivity contribution in [2.24, 2.45) is 11.7 Å². The zero-order valence-corrected chi connectivity index (χ0v) is 25.9. The lowest BCUT2D eigenvalue weighted by Crippen LogP contribution is -2.51. The molecule has 2 saturated carbocycles. The highest BCUT2D eigenvalue weighted by Crippen LogP contribution is 2.34.